The maximum Gasteiger partial charge on any atom is 0.331 e. The van der Waals surface area contributed by atoms with Gasteiger partial charge >= 0.3 is 5.92 Å². The van der Waals surface area contributed by atoms with E-state index in [2.05, 4.69) is 33.3 Å². The fraction of sp³-hybridized carbons (Fsp3) is 0.480. The zero-order chi connectivity index (χ0) is 25.2. The van der Waals surface area contributed by atoms with Crippen LogP contribution in [0.3, 0.4) is 0 Å². The van der Waals surface area contributed by atoms with E-state index in [9.17, 15) is 5.26 Å². The summed E-state index contributed by atoms with van der Waals surface area (Å²) in [4.78, 5) is 6.29. The average molecular weight is 485 g/mol. The number of fused-ring (bicyclic) bond motifs is 1. The van der Waals surface area contributed by atoms with Crippen molar-refractivity contribution in [2.24, 2.45) is 0 Å². The van der Waals surface area contributed by atoms with Crippen LogP contribution in [-0.4, -0.2) is 67.2 Å². The van der Waals surface area contributed by atoms with Crippen LogP contribution in [0.15, 0.2) is 30.3 Å². The van der Waals surface area contributed by atoms with Crippen LogP contribution in [0.1, 0.15) is 30.3 Å². The van der Waals surface area contributed by atoms with Gasteiger partial charge < -0.3 is 19.7 Å². The first kappa shape index (κ1) is 25.0. The molecule has 1 aliphatic rings. The van der Waals surface area contributed by atoms with E-state index in [1.807, 2.05) is 44.3 Å². The predicted molar refractivity (Wildman–Crippen MR) is 129 cm³/mol. The van der Waals surface area contributed by atoms with E-state index in [4.69, 9.17) is 9.47 Å². The van der Waals surface area contributed by atoms with Gasteiger partial charge in [-0.25, -0.2) is 4.98 Å². The first-order chi connectivity index (χ1) is 16.7. The summed E-state index contributed by atoms with van der Waals surface area (Å²) in [7, 11) is 3.39. The van der Waals surface area contributed by atoms with Gasteiger partial charge in [-0.2, -0.15) is 18.6 Å². The Kier molecular flexibility index (Phi) is 7.03. The highest BCUT2D eigenvalue weighted by molar-refractivity contribution is 5.85. The number of nitrogens with zero attached hydrogens (tertiary/aromatic N) is 5. The van der Waals surface area contributed by atoms with Gasteiger partial charge in [0.25, 0.3) is 0 Å². The number of ether oxygens (including phenoxy) is 2. The van der Waals surface area contributed by atoms with E-state index in [1.54, 1.807) is 0 Å². The Morgan fingerprint density at radius 1 is 1.26 bits per heavy atom. The number of alkyl halides is 2. The maximum atomic E-state index is 15.1. The summed E-state index contributed by atoms with van der Waals surface area (Å²) >= 11 is 0. The summed E-state index contributed by atoms with van der Waals surface area (Å²) in [6, 6.07) is 11.8. The zero-order valence-corrected chi connectivity index (χ0v) is 20.4. The molecule has 1 saturated heterocycles. The van der Waals surface area contributed by atoms with Crippen LogP contribution in [0.5, 0.6) is 0 Å². The van der Waals surface area contributed by atoms with Crippen molar-refractivity contribution in [2.75, 3.05) is 52.0 Å². The second kappa shape index (κ2) is 9.85. The molecule has 1 aromatic carbocycles. The molecule has 3 heterocycles. The molecule has 10 heteroatoms. The summed E-state index contributed by atoms with van der Waals surface area (Å²) in [5.74, 6) is -3.46. The Balaban J connectivity index is 1.92. The Bertz CT molecular complexity index is 1240. The number of pyridine rings is 1. The minimum Gasteiger partial charge on any atom is -0.382 e. The molecular formula is C25H30F2N6O2. The van der Waals surface area contributed by atoms with Crippen LogP contribution in [-0.2, 0) is 15.4 Å². The molecule has 186 valence electrons. The monoisotopic (exact) mass is 484 g/mol. The van der Waals surface area contributed by atoms with Crippen molar-refractivity contribution in [2.45, 2.75) is 31.7 Å². The van der Waals surface area contributed by atoms with Gasteiger partial charge in [0.15, 0.2) is 5.65 Å². The van der Waals surface area contributed by atoms with Crippen LogP contribution >= 0.6 is 0 Å². The molecule has 1 atom stereocenters. The van der Waals surface area contributed by atoms with E-state index in [-0.39, 0.29) is 30.0 Å². The van der Waals surface area contributed by atoms with E-state index in [1.165, 1.54) is 11.6 Å². The summed E-state index contributed by atoms with van der Waals surface area (Å²) in [5, 5.41) is 17.6. The lowest BCUT2D eigenvalue weighted by atomic mass is 9.97. The normalized spacial score (nSPS) is 18.4. The minimum atomic E-state index is -3.44. The molecular weight excluding hydrogens is 454 g/mol. The van der Waals surface area contributed by atoms with Crippen LogP contribution in [0.25, 0.3) is 16.8 Å². The largest absolute Gasteiger partial charge is 0.382 e. The summed E-state index contributed by atoms with van der Waals surface area (Å²) in [6.07, 6.45) is 0.864. The van der Waals surface area contributed by atoms with Gasteiger partial charge in [0.1, 0.15) is 24.1 Å². The third-order valence-electron chi connectivity index (χ3n) is 6.60. The maximum absolute atomic E-state index is 15.1. The van der Waals surface area contributed by atoms with Gasteiger partial charge in [-0.05, 0) is 38.4 Å². The summed E-state index contributed by atoms with van der Waals surface area (Å²) in [5.41, 5.74) is 2.53. The number of benzene rings is 1. The Hall–Kier alpha value is -3.13. The van der Waals surface area contributed by atoms with Crippen LogP contribution in [0.2, 0.25) is 0 Å². The Labute approximate surface area is 203 Å². The lowest BCUT2D eigenvalue weighted by Crippen LogP contribution is -2.42. The topological polar surface area (TPSA) is 87.7 Å². The summed E-state index contributed by atoms with van der Waals surface area (Å²) < 4.78 is 41.5. The Morgan fingerprint density at radius 2 is 2.00 bits per heavy atom. The molecule has 0 radical (unpaired) electrons. The number of aromatic nitrogens is 3. The number of hydrogen-bond acceptors (Lipinski definition) is 7. The van der Waals surface area contributed by atoms with Gasteiger partial charge in [0.05, 0.1) is 13.2 Å². The second-order valence-electron chi connectivity index (χ2n) is 9.08. The molecule has 3 aromatic rings. The van der Waals surface area contributed by atoms with E-state index in [0.29, 0.717) is 24.5 Å². The van der Waals surface area contributed by atoms with Gasteiger partial charge in [-0.1, -0.05) is 30.3 Å². The lowest BCUT2D eigenvalue weighted by molar-refractivity contribution is -0.0944. The average Bonchev–Trinajstić information content (AvgIpc) is 3.47. The fourth-order valence-corrected chi connectivity index (χ4v) is 4.47. The van der Waals surface area contributed by atoms with Crippen LogP contribution in [0, 0.1) is 18.3 Å². The van der Waals surface area contributed by atoms with E-state index < -0.39 is 18.4 Å². The molecule has 0 aliphatic carbocycles. The molecule has 4 rings (SSSR count). The quantitative estimate of drug-likeness (QED) is 0.465. The van der Waals surface area contributed by atoms with E-state index in [0.717, 1.165) is 17.5 Å². The van der Waals surface area contributed by atoms with Gasteiger partial charge in [-0.3, -0.25) is 0 Å². The van der Waals surface area contributed by atoms with E-state index >= 15 is 8.78 Å². The molecule has 0 amide bonds. The van der Waals surface area contributed by atoms with Crippen molar-refractivity contribution in [3.05, 3.63) is 47.3 Å². The zero-order valence-electron chi connectivity index (χ0n) is 20.4. The SMILES string of the molecule is CN[C@@]1(C)CCN(c2c(-c3ccccc3)c(C)c(C#N)c3nc(C(F)(F)COCCOC)nn23)C1. The molecule has 0 spiro atoms. The lowest BCUT2D eigenvalue weighted by Gasteiger charge is -2.27. The molecule has 35 heavy (non-hydrogen) atoms. The van der Waals surface area contributed by atoms with Crippen LogP contribution < -0.4 is 10.2 Å². The highest BCUT2D eigenvalue weighted by Crippen LogP contribution is 2.40. The molecule has 1 aliphatic heterocycles. The number of hydrogen-bond donors (Lipinski definition) is 1. The number of anilines is 1. The van der Waals surface area contributed by atoms with Gasteiger partial charge in [0, 0.05) is 31.3 Å². The first-order valence-corrected chi connectivity index (χ1v) is 11.5. The predicted octanol–water partition coefficient (Wildman–Crippen LogP) is 3.52. The second-order valence-corrected chi connectivity index (χ2v) is 9.08. The first-order valence-electron chi connectivity index (χ1n) is 11.5. The molecule has 1 fully saturated rings. The Morgan fingerprint density at radius 3 is 2.63 bits per heavy atom. The minimum absolute atomic E-state index is 0.0296. The number of nitrogens with one attached hydrogen (secondary N) is 1. The molecule has 0 saturated carbocycles. The van der Waals surface area contributed by atoms with Crippen molar-refractivity contribution >= 4 is 11.5 Å². The van der Waals surface area contributed by atoms with Crippen molar-refractivity contribution in [3.63, 3.8) is 0 Å². The number of methoxy groups -OCH3 is 1. The van der Waals surface area contributed by atoms with Gasteiger partial charge in [0.2, 0.25) is 5.82 Å². The molecule has 0 unspecified atom stereocenters. The molecule has 0 bridgehead atoms. The van der Waals surface area contributed by atoms with Crippen LogP contribution in [0.4, 0.5) is 14.6 Å². The number of nitriles is 1. The number of rotatable bonds is 9. The summed E-state index contributed by atoms with van der Waals surface area (Å²) in [6.45, 7) is 4.66. The highest BCUT2D eigenvalue weighted by atomic mass is 19.3. The highest BCUT2D eigenvalue weighted by Gasteiger charge is 2.40. The van der Waals surface area contributed by atoms with Crippen molar-refractivity contribution < 1.29 is 18.3 Å². The van der Waals surface area contributed by atoms with Gasteiger partial charge in [-0.15, -0.1) is 5.10 Å². The number of halogens is 2. The standard InChI is InChI=1S/C25H30F2N6O2/c1-17-19(14-28)21-30-23(25(26,27)16-35-13-12-34-4)31-33(21)22(20(17)18-8-6-5-7-9-18)32-11-10-24(2,15-32)29-3/h5-9,29H,10-13,15-16H2,1-4H3/t24-/m0/s1. The number of likely N-dealkylation sites (N-methyl/N-ethyl adjacent to an activating group) is 1. The third-order valence-corrected chi connectivity index (χ3v) is 6.60. The molecule has 1 N–H and O–H groups in total. The molecule has 2 aromatic heterocycles. The third kappa shape index (κ3) is 4.72. The van der Waals surface area contributed by atoms with Crippen molar-refractivity contribution in [1.82, 2.24) is 19.9 Å². The fourth-order valence-electron chi connectivity index (χ4n) is 4.47. The van der Waals surface area contributed by atoms with Crippen molar-refractivity contribution in [3.8, 4) is 17.2 Å². The molecule has 8 nitrogen and oxygen atoms in total. The smallest absolute Gasteiger partial charge is 0.331 e. The van der Waals surface area contributed by atoms with Crippen molar-refractivity contribution in [1.29, 1.82) is 5.26 Å².